The highest BCUT2D eigenvalue weighted by atomic mass is 15.3. The van der Waals surface area contributed by atoms with E-state index in [4.69, 9.17) is 0 Å². The third-order valence-electron chi connectivity index (χ3n) is 4.33. The van der Waals surface area contributed by atoms with Crippen LogP contribution in [0.1, 0.15) is 17.0 Å². The van der Waals surface area contributed by atoms with Crippen LogP contribution < -0.4 is 5.32 Å². The van der Waals surface area contributed by atoms with Gasteiger partial charge >= 0.3 is 0 Å². The highest BCUT2D eigenvalue weighted by Gasteiger charge is 2.07. The Hall–Kier alpha value is -2.66. The Morgan fingerprint density at radius 1 is 1.08 bits per heavy atom. The molecule has 3 aromatic heterocycles. The summed E-state index contributed by atoms with van der Waals surface area (Å²) >= 11 is 0. The summed E-state index contributed by atoms with van der Waals surface area (Å²) in [6.07, 6.45) is 5.10. The quantitative estimate of drug-likeness (QED) is 0.575. The van der Waals surface area contributed by atoms with Gasteiger partial charge in [0.1, 0.15) is 5.65 Å². The number of para-hydroxylation sites is 1. The van der Waals surface area contributed by atoms with E-state index in [-0.39, 0.29) is 0 Å². The average Bonchev–Trinajstić information content (AvgIpc) is 3.13. The Morgan fingerprint density at radius 3 is 2.88 bits per heavy atom. The first-order chi connectivity index (χ1) is 11.7. The van der Waals surface area contributed by atoms with Gasteiger partial charge in [0, 0.05) is 44.3 Å². The van der Waals surface area contributed by atoms with Crippen molar-refractivity contribution in [3.8, 4) is 0 Å². The summed E-state index contributed by atoms with van der Waals surface area (Å²) in [5.41, 5.74) is 5.62. The third kappa shape index (κ3) is 2.78. The molecule has 1 aromatic carbocycles. The van der Waals surface area contributed by atoms with Gasteiger partial charge in [0.15, 0.2) is 0 Å². The van der Waals surface area contributed by atoms with E-state index in [0.717, 1.165) is 36.5 Å². The summed E-state index contributed by atoms with van der Waals surface area (Å²) in [5.74, 6) is 0. The molecule has 3 heterocycles. The Kier molecular flexibility index (Phi) is 3.78. The van der Waals surface area contributed by atoms with Gasteiger partial charge in [0.05, 0.1) is 16.9 Å². The summed E-state index contributed by atoms with van der Waals surface area (Å²) < 4.78 is 4.04. The van der Waals surface area contributed by atoms with Gasteiger partial charge in [0.2, 0.25) is 0 Å². The van der Waals surface area contributed by atoms with E-state index in [0.29, 0.717) is 0 Å². The van der Waals surface area contributed by atoms with E-state index in [1.165, 1.54) is 16.5 Å². The van der Waals surface area contributed by atoms with Crippen molar-refractivity contribution in [3.05, 3.63) is 65.7 Å². The SMILES string of the molecule is Cc1ccc2nc(CNCCc3nn(C)c4ccccc34)cn2c1. The van der Waals surface area contributed by atoms with Crippen molar-refractivity contribution >= 4 is 16.6 Å². The monoisotopic (exact) mass is 319 g/mol. The number of hydrogen-bond acceptors (Lipinski definition) is 3. The van der Waals surface area contributed by atoms with Crippen LogP contribution in [0.3, 0.4) is 0 Å². The van der Waals surface area contributed by atoms with Crippen LogP contribution in [-0.4, -0.2) is 25.7 Å². The zero-order valence-electron chi connectivity index (χ0n) is 14.0. The van der Waals surface area contributed by atoms with Gasteiger partial charge in [0.25, 0.3) is 0 Å². The smallest absolute Gasteiger partial charge is 0.137 e. The van der Waals surface area contributed by atoms with E-state index in [9.17, 15) is 0 Å². The number of nitrogens with zero attached hydrogens (tertiary/aromatic N) is 4. The molecule has 0 amide bonds. The largest absolute Gasteiger partial charge is 0.311 e. The number of benzene rings is 1. The molecular formula is C19H21N5. The van der Waals surface area contributed by atoms with Gasteiger partial charge in [-0.05, 0) is 24.6 Å². The Bertz CT molecular complexity index is 996. The summed E-state index contributed by atoms with van der Waals surface area (Å²) in [7, 11) is 2.00. The zero-order chi connectivity index (χ0) is 16.5. The van der Waals surface area contributed by atoms with E-state index in [2.05, 4.69) is 75.5 Å². The molecule has 4 aromatic rings. The van der Waals surface area contributed by atoms with Crippen LogP contribution >= 0.6 is 0 Å². The number of fused-ring (bicyclic) bond motifs is 2. The summed E-state index contributed by atoms with van der Waals surface area (Å²) in [4.78, 5) is 4.63. The Balaban J connectivity index is 1.40. The van der Waals surface area contributed by atoms with Crippen molar-refractivity contribution in [2.45, 2.75) is 19.9 Å². The minimum absolute atomic E-state index is 0.769. The minimum atomic E-state index is 0.769. The van der Waals surface area contributed by atoms with Crippen LogP contribution in [0.25, 0.3) is 16.6 Å². The van der Waals surface area contributed by atoms with Gasteiger partial charge in [-0.15, -0.1) is 0 Å². The van der Waals surface area contributed by atoms with Crippen LogP contribution in [0, 0.1) is 6.92 Å². The molecule has 0 saturated heterocycles. The molecule has 0 spiro atoms. The number of aromatic nitrogens is 4. The number of rotatable bonds is 5. The molecule has 24 heavy (non-hydrogen) atoms. The van der Waals surface area contributed by atoms with Crippen molar-refractivity contribution in [3.63, 3.8) is 0 Å². The number of nitrogens with one attached hydrogen (secondary N) is 1. The summed E-state index contributed by atoms with van der Waals surface area (Å²) in [6.45, 7) is 3.74. The second-order valence-corrected chi connectivity index (χ2v) is 6.22. The first-order valence-electron chi connectivity index (χ1n) is 8.26. The highest BCUT2D eigenvalue weighted by Crippen LogP contribution is 2.17. The van der Waals surface area contributed by atoms with E-state index in [1.807, 2.05) is 11.7 Å². The van der Waals surface area contributed by atoms with Crippen LogP contribution in [0.15, 0.2) is 48.8 Å². The predicted molar refractivity (Wildman–Crippen MR) is 96.1 cm³/mol. The van der Waals surface area contributed by atoms with Gasteiger partial charge in [-0.2, -0.15) is 5.10 Å². The fraction of sp³-hybridized carbons (Fsp3) is 0.263. The maximum absolute atomic E-state index is 4.64. The molecule has 0 unspecified atom stereocenters. The number of aryl methyl sites for hydroxylation is 2. The fourth-order valence-corrected chi connectivity index (χ4v) is 3.14. The molecule has 5 heteroatoms. The van der Waals surface area contributed by atoms with Crippen LogP contribution in [0.5, 0.6) is 0 Å². The second-order valence-electron chi connectivity index (χ2n) is 6.22. The van der Waals surface area contributed by atoms with Crippen molar-refractivity contribution in [2.75, 3.05) is 6.54 Å². The molecule has 0 aliphatic carbocycles. The number of imidazole rings is 1. The first kappa shape index (κ1) is 14.9. The topological polar surface area (TPSA) is 47.2 Å². The third-order valence-corrected chi connectivity index (χ3v) is 4.33. The zero-order valence-corrected chi connectivity index (χ0v) is 14.0. The lowest BCUT2D eigenvalue weighted by Crippen LogP contribution is -2.17. The molecule has 0 saturated carbocycles. The average molecular weight is 319 g/mol. The van der Waals surface area contributed by atoms with Gasteiger partial charge < -0.3 is 9.72 Å². The van der Waals surface area contributed by atoms with Crippen molar-refractivity contribution in [1.82, 2.24) is 24.5 Å². The van der Waals surface area contributed by atoms with E-state index < -0.39 is 0 Å². The van der Waals surface area contributed by atoms with Gasteiger partial charge in [-0.25, -0.2) is 4.98 Å². The van der Waals surface area contributed by atoms with Crippen LogP contribution in [-0.2, 0) is 20.0 Å². The summed E-state index contributed by atoms with van der Waals surface area (Å²) in [6, 6.07) is 12.5. The number of pyridine rings is 1. The Morgan fingerprint density at radius 2 is 1.96 bits per heavy atom. The van der Waals surface area contributed by atoms with Crippen LogP contribution in [0.4, 0.5) is 0 Å². The molecule has 122 valence electrons. The summed E-state index contributed by atoms with van der Waals surface area (Å²) in [5, 5.41) is 9.35. The standard InChI is InChI=1S/C19H21N5/c1-14-7-8-19-21-15(13-24(19)12-14)11-20-10-9-17-16-5-3-4-6-18(16)23(2)22-17/h3-8,12-13,20H,9-11H2,1-2H3. The first-order valence-corrected chi connectivity index (χ1v) is 8.26. The highest BCUT2D eigenvalue weighted by molar-refractivity contribution is 5.81. The number of hydrogen-bond donors (Lipinski definition) is 1. The lowest BCUT2D eigenvalue weighted by atomic mass is 10.1. The Labute approximate surface area is 140 Å². The second kappa shape index (κ2) is 6.09. The van der Waals surface area contributed by atoms with E-state index >= 15 is 0 Å². The molecular weight excluding hydrogens is 298 g/mol. The molecule has 0 fully saturated rings. The molecule has 0 atom stereocenters. The molecule has 0 bridgehead atoms. The fourth-order valence-electron chi connectivity index (χ4n) is 3.14. The normalized spacial score (nSPS) is 11.6. The molecule has 5 nitrogen and oxygen atoms in total. The van der Waals surface area contributed by atoms with Crippen molar-refractivity contribution in [2.24, 2.45) is 7.05 Å². The molecule has 0 aliphatic rings. The van der Waals surface area contributed by atoms with Gasteiger partial charge in [-0.3, -0.25) is 4.68 Å². The lowest BCUT2D eigenvalue weighted by Gasteiger charge is -2.01. The lowest BCUT2D eigenvalue weighted by molar-refractivity contribution is 0.662. The molecule has 1 N–H and O–H groups in total. The molecule has 4 rings (SSSR count). The van der Waals surface area contributed by atoms with Gasteiger partial charge in [-0.1, -0.05) is 24.3 Å². The maximum atomic E-state index is 4.64. The molecule has 0 radical (unpaired) electrons. The predicted octanol–water partition coefficient (Wildman–Crippen LogP) is 2.86. The van der Waals surface area contributed by atoms with Crippen molar-refractivity contribution < 1.29 is 0 Å². The van der Waals surface area contributed by atoms with Crippen molar-refractivity contribution in [1.29, 1.82) is 0 Å². The van der Waals surface area contributed by atoms with E-state index in [1.54, 1.807) is 0 Å². The minimum Gasteiger partial charge on any atom is -0.311 e. The van der Waals surface area contributed by atoms with Crippen LogP contribution in [0.2, 0.25) is 0 Å². The maximum Gasteiger partial charge on any atom is 0.137 e. The molecule has 0 aliphatic heterocycles.